The zero-order valence-electron chi connectivity index (χ0n) is 23.4. The van der Waals surface area contributed by atoms with Crippen molar-refractivity contribution in [2.45, 2.75) is 37.3 Å². The number of benzene rings is 1. The van der Waals surface area contributed by atoms with E-state index in [1.54, 1.807) is 12.4 Å². The zero-order valence-corrected chi connectivity index (χ0v) is 23.4. The second kappa shape index (κ2) is 14.1. The van der Waals surface area contributed by atoms with E-state index in [1.165, 1.54) is 0 Å². The van der Waals surface area contributed by atoms with E-state index in [0.29, 0.717) is 18.2 Å². The number of H-pyrrole nitrogens is 1. The summed E-state index contributed by atoms with van der Waals surface area (Å²) in [5, 5.41) is 15.3. The van der Waals surface area contributed by atoms with Crippen LogP contribution in [0.15, 0.2) is 54.9 Å². The number of hydrogen-bond donors (Lipinski definition) is 3. The minimum Gasteiger partial charge on any atom is -0.475 e. The van der Waals surface area contributed by atoms with Crippen LogP contribution < -0.4 is 0 Å². The number of carboxylic acids is 2. The SMILES string of the molecule is CN1CCC(COCc2ccncc2)CC12CN(C(=O)c1cc3ccccc3[nH]1)C2.O=C(O)C(F)(F)F.O=C(O)C(F)(F)F. The maximum Gasteiger partial charge on any atom is 0.490 e. The molecule has 0 saturated carbocycles. The summed E-state index contributed by atoms with van der Waals surface area (Å²) >= 11 is 0. The first-order valence-electron chi connectivity index (χ1n) is 13.2. The molecule has 44 heavy (non-hydrogen) atoms. The lowest BCUT2D eigenvalue weighted by atomic mass is 9.75. The number of para-hydroxylation sites is 1. The van der Waals surface area contributed by atoms with Gasteiger partial charge in [-0.25, -0.2) is 9.59 Å². The predicted molar refractivity (Wildman–Crippen MR) is 144 cm³/mol. The molecular formula is C28H30F6N4O6. The van der Waals surface area contributed by atoms with E-state index in [4.69, 9.17) is 24.5 Å². The number of likely N-dealkylation sites (tertiary alicyclic amines) is 2. The first-order valence-corrected chi connectivity index (χ1v) is 13.2. The molecule has 3 aromatic rings. The molecule has 0 bridgehead atoms. The molecule has 3 N–H and O–H groups in total. The number of rotatable bonds is 5. The van der Waals surface area contributed by atoms with E-state index in [2.05, 4.69) is 21.9 Å². The summed E-state index contributed by atoms with van der Waals surface area (Å²) in [6.45, 7) is 4.04. The van der Waals surface area contributed by atoms with E-state index in [-0.39, 0.29) is 11.4 Å². The Labute approximate surface area is 247 Å². The molecule has 0 aliphatic carbocycles. The number of carbonyl (C=O) groups is 3. The highest BCUT2D eigenvalue weighted by Crippen LogP contribution is 2.39. The molecule has 2 fully saturated rings. The minimum absolute atomic E-state index is 0.0879. The Hall–Kier alpha value is -4.18. The lowest BCUT2D eigenvalue weighted by molar-refractivity contribution is -0.193. The summed E-state index contributed by atoms with van der Waals surface area (Å²) in [4.78, 5) is 42.5. The summed E-state index contributed by atoms with van der Waals surface area (Å²) in [5.74, 6) is -4.88. The van der Waals surface area contributed by atoms with Gasteiger partial charge >= 0.3 is 24.3 Å². The van der Waals surface area contributed by atoms with Gasteiger partial charge in [0.15, 0.2) is 0 Å². The third-order valence-corrected chi connectivity index (χ3v) is 7.23. The molecule has 0 radical (unpaired) electrons. The lowest BCUT2D eigenvalue weighted by Crippen LogP contribution is -2.72. The topological polar surface area (TPSA) is 136 Å². The Morgan fingerprint density at radius 1 is 1.00 bits per heavy atom. The molecule has 1 amide bonds. The summed E-state index contributed by atoms with van der Waals surface area (Å²) in [5.41, 5.74) is 2.94. The Morgan fingerprint density at radius 3 is 2.11 bits per heavy atom. The molecule has 1 aromatic carbocycles. The van der Waals surface area contributed by atoms with Gasteiger partial charge in [0.2, 0.25) is 0 Å². The number of ether oxygens (including phenoxy) is 1. The van der Waals surface area contributed by atoms with Crippen LogP contribution in [0, 0.1) is 5.92 Å². The number of hydrogen-bond acceptors (Lipinski definition) is 6. The highest BCUT2D eigenvalue weighted by atomic mass is 19.4. The number of fused-ring (bicyclic) bond motifs is 1. The Morgan fingerprint density at radius 2 is 1.57 bits per heavy atom. The zero-order chi connectivity index (χ0) is 32.7. The fourth-order valence-electron chi connectivity index (χ4n) is 4.91. The number of alkyl halides is 6. The molecular weight excluding hydrogens is 602 g/mol. The normalized spacial score (nSPS) is 18.0. The summed E-state index contributed by atoms with van der Waals surface area (Å²) < 4.78 is 69.5. The maximum absolute atomic E-state index is 13.0. The van der Waals surface area contributed by atoms with Crippen LogP contribution in [-0.4, -0.2) is 99.0 Å². The number of aromatic nitrogens is 2. The molecule has 1 unspecified atom stereocenters. The van der Waals surface area contributed by atoms with Gasteiger partial charge in [-0.1, -0.05) is 18.2 Å². The second-order valence-corrected chi connectivity index (χ2v) is 10.4. The van der Waals surface area contributed by atoms with Crippen LogP contribution in [-0.2, 0) is 20.9 Å². The number of nitrogens with one attached hydrogen (secondary N) is 1. The molecule has 1 atom stereocenters. The van der Waals surface area contributed by atoms with Crippen LogP contribution >= 0.6 is 0 Å². The highest BCUT2D eigenvalue weighted by molar-refractivity contribution is 5.98. The molecule has 5 rings (SSSR count). The van der Waals surface area contributed by atoms with Crippen molar-refractivity contribution in [3.8, 4) is 0 Å². The van der Waals surface area contributed by atoms with Gasteiger partial charge < -0.3 is 24.8 Å². The Bertz CT molecular complexity index is 1370. The predicted octanol–water partition coefficient (Wildman–Crippen LogP) is 4.58. The van der Waals surface area contributed by atoms with Crippen molar-refractivity contribution in [3.05, 3.63) is 66.1 Å². The number of aliphatic carboxylic acids is 2. The number of pyridine rings is 1. The number of amides is 1. The minimum atomic E-state index is -5.08. The van der Waals surface area contributed by atoms with Crippen LogP contribution in [0.1, 0.15) is 28.9 Å². The molecule has 16 heteroatoms. The quantitative estimate of drug-likeness (QED) is 0.348. The molecule has 2 aromatic heterocycles. The monoisotopic (exact) mass is 632 g/mol. The number of halogens is 6. The van der Waals surface area contributed by atoms with E-state index >= 15 is 0 Å². The standard InChI is InChI=1S/C24H28N4O2.2C2HF3O2/c1-27-11-8-19(15-30-14-18-6-9-25-10-7-18)13-24(27)16-28(17-24)23(29)22-12-20-4-2-3-5-21(20)26-22;2*3-2(4,5)1(6)7/h2-7,9-10,12,19,26H,8,11,13-17H2,1H3;2*(H,6,7). The largest absolute Gasteiger partial charge is 0.490 e. The van der Waals surface area contributed by atoms with Crippen LogP contribution in [0.5, 0.6) is 0 Å². The van der Waals surface area contributed by atoms with Crippen molar-refractivity contribution >= 4 is 28.7 Å². The molecule has 10 nitrogen and oxygen atoms in total. The number of aromatic amines is 1. The lowest BCUT2D eigenvalue weighted by Gasteiger charge is -2.58. The summed E-state index contributed by atoms with van der Waals surface area (Å²) in [6.07, 6.45) is -4.34. The number of likely N-dealkylation sites (N-methyl/N-ethyl adjacent to an activating group) is 1. The van der Waals surface area contributed by atoms with Crippen LogP contribution in [0.25, 0.3) is 10.9 Å². The number of nitrogens with zero attached hydrogens (tertiary/aromatic N) is 3. The third-order valence-electron chi connectivity index (χ3n) is 7.23. The first-order chi connectivity index (χ1) is 20.5. The number of carbonyl (C=O) groups excluding carboxylic acids is 1. The highest BCUT2D eigenvalue weighted by Gasteiger charge is 2.51. The molecule has 2 aliphatic heterocycles. The Balaban J connectivity index is 0.000000317. The van der Waals surface area contributed by atoms with Gasteiger partial charge in [0.25, 0.3) is 5.91 Å². The molecule has 2 saturated heterocycles. The molecule has 240 valence electrons. The fourth-order valence-corrected chi connectivity index (χ4v) is 4.91. The fraction of sp³-hybridized carbons (Fsp3) is 0.429. The van der Waals surface area contributed by atoms with E-state index in [9.17, 15) is 31.1 Å². The van der Waals surface area contributed by atoms with Gasteiger partial charge in [0, 0.05) is 43.0 Å². The number of piperidine rings is 1. The van der Waals surface area contributed by atoms with Gasteiger partial charge in [-0.15, -0.1) is 0 Å². The average molecular weight is 633 g/mol. The van der Waals surface area contributed by atoms with Gasteiger partial charge in [-0.2, -0.15) is 26.3 Å². The summed E-state index contributed by atoms with van der Waals surface area (Å²) in [7, 11) is 2.19. The van der Waals surface area contributed by atoms with Gasteiger partial charge in [-0.05, 0) is 62.2 Å². The Kier molecular flexibility index (Phi) is 11.0. The van der Waals surface area contributed by atoms with Crippen molar-refractivity contribution in [1.82, 2.24) is 19.8 Å². The average Bonchev–Trinajstić information content (AvgIpc) is 3.37. The van der Waals surface area contributed by atoms with Crippen molar-refractivity contribution in [2.75, 3.05) is 33.3 Å². The van der Waals surface area contributed by atoms with Crippen molar-refractivity contribution in [1.29, 1.82) is 0 Å². The van der Waals surface area contributed by atoms with Crippen LogP contribution in [0.2, 0.25) is 0 Å². The van der Waals surface area contributed by atoms with E-state index < -0.39 is 24.3 Å². The number of carboxylic acid groups (broad SMARTS) is 2. The second-order valence-electron chi connectivity index (χ2n) is 10.4. The van der Waals surface area contributed by atoms with Crippen molar-refractivity contribution < 1.29 is 55.7 Å². The van der Waals surface area contributed by atoms with Crippen LogP contribution in [0.4, 0.5) is 26.3 Å². The van der Waals surface area contributed by atoms with Crippen molar-refractivity contribution in [3.63, 3.8) is 0 Å². The molecule has 1 spiro atoms. The van der Waals surface area contributed by atoms with E-state index in [0.717, 1.165) is 55.5 Å². The van der Waals surface area contributed by atoms with Crippen LogP contribution in [0.3, 0.4) is 0 Å². The smallest absolute Gasteiger partial charge is 0.475 e. The first kappa shape index (κ1) is 34.3. The molecule has 4 heterocycles. The van der Waals surface area contributed by atoms with Gasteiger partial charge in [0.1, 0.15) is 5.69 Å². The van der Waals surface area contributed by atoms with E-state index in [1.807, 2.05) is 47.4 Å². The summed E-state index contributed by atoms with van der Waals surface area (Å²) in [6, 6.07) is 14.0. The van der Waals surface area contributed by atoms with Gasteiger partial charge in [-0.3, -0.25) is 14.7 Å². The maximum atomic E-state index is 13.0. The molecule has 2 aliphatic rings. The third kappa shape index (κ3) is 9.16. The van der Waals surface area contributed by atoms with Crippen molar-refractivity contribution in [2.24, 2.45) is 5.92 Å². The van der Waals surface area contributed by atoms with Gasteiger partial charge in [0.05, 0.1) is 12.1 Å².